The summed E-state index contributed by atoms with van der Waals surface area (Å²) in [5.74, 6) is 0.134. The number of ether oxygens (including phenoxy) is 1. The maximum atomic E-state index is 11.8. The van der Waals surface area contributed by atoms with Gasteiger partial charge < -0.3 is 15.4 Å². The summed E-state index contributed by atoms with van der Waals surface area (Å²) in [5.41, 5.74) is 8.12. The van der Waals surface area contributed by atoms with E-state index < -0.39 is 0 Å². The fourth-order valence-electron chi connectivity index (χ4n) is 2.66. The Labute approximate surface area is 128 Å². The van der Waals surface area contributed by atoms with Gasteiger partial charge in [-0.15, -0.1) is 0 Å². The molecule has 21 heavy (non-hydrogen) atoms. The van der Waals surface area contributed by atoms with Crippen LogP contribution in [0.15, 0.2) is 18.2 Å². The first-order valence-electron chi connectivity index (χ1n) is 7.69. The van der Waals surface area contributed by atoms with Gasteiger partial charge in [0, 0.05) is 12.6 Å². The van der Waals surface area contributed by atoms with Gasteiger partial charge in [-0.25, -0.2) is 4.79 Å². The third kappa shape index (κ3) is 4.13. The number of benzene rings is 1. The van der Waals surface area contributed by atoms with Gasteiger partial charge in [0.05, 0.1) is 24.0 Å². The second-order valence-electron chi connectivity index (χ2n) is 5.75. The van der Waals surface area contributed by atoms with Crippen LogP contribution in [-0.2, 0) is 4.74 Å². The number of nitrogens with two attached hydrogens (primary N) is 1. The van der Waals surface area contributed by atoms with Gasteiger partial charge in [-0.1, -0.05) is 33.8 Å². The normalized spacial score (nSPS) is 11.0. The summed E-state index contributed by atoms with van der Waals surface area (Å²) >= 11 is 0. The minimum absolute atomic E-state index is 0.386. The van der Waals surface area contributed by atoms with Crippen LogP contribution in [0.4, 0.5) is 11.4 Å². The Morgan fingerprint density at radius 3 is 2.38 bits per heavy atom. The lowest BCUT2D eigenvalue weighted by atomic mass is 10.0. The lowest BCUT2D eigenvalue weighted by Gasteiger charge is -2.35. The molecule has 0 aliphatic rings. The number of nitrogens with zero attached hydrogens (tertiary/aromatic N) is 1. The van der Waals surface area contributed by atoms with Crippen molar-refractivity contribution in [2.45, 2.75) is 46.6 Å². The molecule has 0 heterocycles. The molecule has 118 valence electrons. The van der Waals surface area contributed by atoms with E-state index in [9.17, 15) is 4.79 Å². The highest BCUT2D eigenvalue weighted by atomic mass is 16.5. The molecule has 0 saturated carbocycles. The van der Waals surface area contributed by atoms with Gasteiger partial charge in [0.15, 0.2) is 0 Å². The van der Waals surface area contributed by atoms with Gasteiger partial charge in [0.2, 0.25) is 0 Å². The van der Waals surface area contributed by atoms with Gasteiger partial charge in [-0.05, 0) is 30.9 Å². The predicted molar refractivity (Wildman–Crippen MR) is 88.7 cm³/mol. The van der Waals surface area contributed by atoms with E-state index in [2.05, 4.69) is 32.6 Å². The monoisotopic (exact) mass is 292 g/mol. The summed E-state index contributed by atoms with van der Waals surface area (Å²) in [7, 11) is 1.38. The van der Waals surface area contributed by atoms with Crippen molar-refractivity contribution in [3.05, 3.63) is 23.8 Å². The second kappa shape index (κ2) is 7.91. The molecule has 0 amide bonds. The van der Waals surface area contributed by atoms with Crippen molar-refractivity contribution in [3.63, 3.8) is 0 Å². The first-order chi connectivity index (χ1) is 9.96. The van der Waals surface area contributed by atoms with Crippen LogP contribution in [0.2, 0.25) is 0 Å². The Morgan fingerprint density at radius 1 is 1.29 bits per heavy atom. The van der Waals surface area contributed by atoms with E-state index >= 15 is 0 Å². The fraction of sp³-hybridized carbons (Fsp3) is 0.588. The summed E-state index contributed by atoms with van der Waals surface area (Å²) in [6.45, 7) is 9.66. The van der Waals surface area contributed by atoms with E-state index in [-0.39, 0.29) is 5.97 Å². The van der Waals surface area contributed by atoms with Crippen LogP contribution in [0.3, 0.4) is 0 Å². The van der Waals surface area contributed by atoms with Crippen molar-refractivity contribution in [2.24, 2.45) is 5.92 Å². The third-order valence-corrected chi connectivity index (χ3v) is 3.74. The Morgan fingerprint density at radius 2 is 1.90 bits per heavy atom. The zero-order valence-corrected chi connectivity index (χ0v) is 13.8. The SMILES string of the molecule is CCC(CC)N(CC(C)C)c1cccc(C(=O)OC)c1N. The van der Waals surface area contributed by atoms with Gasteiger partial charge in [-0.3, -0.25) is 0 Å². The molecule has 4 nitrogen and oxygen atoms in total. The summed E-state index contributed by atoms with van der Waals surface area (Å²) in [4.78, 5) is 14.1. The Balaban J connectivity index is 3.27. The number of esters is 1. The molecule has 2 N–H and O–H groups in total. The highest BCUT2D eigenvalue weighted by Gasteiger charge is 2.22. The molecule has 1 aromatic carbocycles. The zero-order chi connectivity index (χ0) is 16.0. The van der Waals surface area contributed by atoms with E-state index in [1.165, 1.54) is 7.11 Å². The van der Waals surface area contributed by atoms with Crippen molar-refractivity contribution in [3.8, 4) is 0 Å². The molecule has 0 spiro atoms. The number of hydrogen-bond acceptors (Lipinski definition) is 4. The van der Waals surface area contributed by atoms with E-state index in [4.69, 9.17) is 10.5 Å². The first-order valence-corrected chi connectivity index (χ1v) is 7.69. The van der Waals surface area contributed by atoms with Crippen LogP contribution in [0.25, 0.3) is 0 Å². The molecule has 0 bridgehead atoms. The number of para-hydroxylation sites is 1. The molecular formula is C17H28N2O2. The lowest BCUT2D eigenvalue weighted by molar-refractivity contribution is 0.0602. The minimum Gasteiger partial charge on any atom is -0.465 e. The Kier molecular flexibility index (Phi) is 6.53. The molecule has 0 radical (unpaired) electrons. The van der Waals surface area contributed by atoms with Crippen molar-refractivity contribution in [1.29, 1.82) is 0 Å². The smallest absolute Gasteiger partial charge is 0.340 e. The number of carbonyl (C=O) groups excluding carboxylic acids is 1. The molecule has 0 unspecified atom stereocenters. The summed E-state index contributed by atoms with van der Waals surface area (Å²) in [5, 5.41) is 0. The molecule has 0 atom stereocenters. The van der Waals surface area contributed by atoms with Crippen LogP contribution in [0.5, 0.6) is 0 Å². The maximum absolute atomic E-state index is 11.8. The molecule has 0 fully saturated rings. The predicted octanol–water partition coefficient (Wildman–Crippen LogP) is 3.71. The van der Waals surface area contributed by atoms with E-state index in [1.807, 2.05) is 12.1 Å². The topological polar surface area (TPSA) is 55.6 Å². The second-order valence-corrected chi connectivity index (χ2v) is 5.75. The number of rotatable bonds is 7. The van der Waals surface area contributed by atoms with Crippen LogP contribution >= 0.6 is 0 Å². The standard InChI is InChI=1S/C17H28N2O2/c1-6-13(7-2)19(11-12(3)4)15-10-8-9-14(16(15)18)17(20)21-5/h8-10,12-13H,6-7,11,18H2,1-5H3. The maximum Gasteiger partial charge on any atom is 0.340 e. The van der Waals surface area contributed by atoms with Crippen LogP contribution in [0.1, 0.15) is 50.9 Å². The van der Waals surface area contributed by atoms with Gasteiger partial charge in [-0.2, -0.15) is 0 Å². The molecule has 4 heteroatoms. The fourth-order valence-corrected chi connectivity index (χ4v) is 2.66. The minimum atomic E-state index is -0.386. The Bertz CT molecular complexity index is 468. The molecule has 1 aromatic rings. The van der Waals surface area contributed by atoms with E-state index in [0.29, 0.717) is 23.2 Å². The summed E-state index contributed by atoms with van der Waals surface area (Å²) < 4.78 is 4.81. The quantitative estimate of drug-likeness (QED) is 0.615. The van der Waals surface area contributed by atoms with Crippen LogP contribution < -0.4 is 10.6 Å². The molecular weight excluding hydrogens is 264 g/mol. The van der Waals surface area contributed by atoms with Crippen molar-refractivity contribution in [2.75, 3.05) is 24.3 Å². The number of methoxy groups -OCH3 is 1. The first kappa shape index (κ1) is 17.3. The van der Waals surface area contributed by atoms with Crippen molar-refractivity contribution < 1.29 is 9.53 Å². The molecule has 0 saturated heterocycles. The van der Waals surface area contributed by atoms with Crippen molar-refractivity contribution in [1.82, 2.24) is 0 Å². The number of nitrogen functional groups attached to an aromatic ring is 1. The Hall–Kier alpha value is -1.71. The van der Waals surface area contributed by atoms with Crippen LogP contribution in [-0.4, -0.2) is 25.7 Å². The molecule has 0 aliphatic carbocycles. The lowest BCUT2D eigenvalue weighted by Crippen LogP contribution is -2.38. The van der Waals surface area contributed by atoms with E-state index in [0.717, 1.165) is 25.1 Å². The highest BCUT2D eigenvalue weighted by Crippen LogP contribution is 2.31. The number of anilines is 2. The summed E-state index contributed by atoms with van der Waals surface area (Å²) in [6, 6.07) is 5.99. The zero-order valence-electron chi connectivity index (χ0n) is 13.8. The summed E-state index contributed by atoms with van der Waals surface area (Å²) in [6.07, 6.45) is 2.09. The van der Waals surface area contributed by atoms with Gasteiger partial charge in [0.1, 0.15) is 0 Å². The molecule has 1 rings (SSSR count). The van der Waals surface area contributed by atoms with Crippen LogP contribution in [0, 0.1) is 5.92 Å². The number of carbonyl (C=O) groups is 1. The third-order valence-electron chi connectivity index (χ3n) is 3.74. The average Bonchev–Trinajstić information content (AvgIpc) is 2.46. The highest BCUT2D eigenvalue weighted by molar-refractivity contribution is 5.98. The molecule has 0 aliphatic heterocycles. The van der Waals surface area contributed by atoms with Crippen molar-refractivity contribution >= 4 is 17.3 Å². The molecule has 0 aromatic heterocycles. The van der Waals surface area contributed by atoms with Gasteiger partial charge in [0.25, 0.3) is 0 Å². The van der Waals surface area contributed by atoms with Gasteiger partial charge >= 0.3 is 5.97 Å². The largest absolute Gasteiger partial charge is 0.465 e. The average molecular weight is 292 g/mol. The number of hydrogen-bond donors (Lipinski definition) is 1. The van der Waals surface area contributed by atoms with E-state index in [1.54, 1.807) is 6.07 Å².